The van der Waals surface area contributed by atoms with Gasteiger partial charge in [-0.15, -0.1) is 11.6 Å². The number of nitrogens with zero attached hydrogens (tertiary/aromatic N) is 2. The van der Waals surface area contributed by atoms with E-state index in [2.05, 4.69) is 15.3 Å². The summed E-state index contributed by atoms with van der Waals surface area (Å²) in [6.45, 7) is 1.85. The maximum Gasteiger partial charge on any atom is 0.223 e. The van der Waals surface area contributed by atoms with Crippen molar-refractivity contribution in [2.24, 2.45) is 0 Å². The zero-order valence-corrected chi connectivity index (χ0v) is 10.2. The third-order valence-corrected chi connectivity index (χ3v) is 2.39. The van der Waals surface area contributed by atoms with Gasteiger partial charge in [0.25, 0.3) is 0 Å². The first-order chi connectivity index (χ1) is 8.40. The quantitative estimate of drug-likeness (QED) is 0.632. The number of aromatic nitrogens is 2. The molecule has 0 radical (unpaired) electrons. The zero-order chi connectivity index (χ0) is 11.9. The van der Waals surface area contributed by atoms with Crippen molar-refractivity contribution in [1.29, 1.82) is 0 Å². The summed E-state index contributed by atoms with van der Waals surface area (Å²) < 4.78 is 5.24. The minimum Gasteiger partial charge on any atom is -0.378 e. The van der Waals surface area contributed by atoms with Crippen LogP contribution in [0.4, 0.5) is 5.95 Å². The van der Waals surface area contributed by atoms with Gasteiger partial charge in [0.05, 0.1) is 18.7 Å². The van der Waals surface area contributed by atoms with Gasteiger partial charge in [-0.25, -0.2) is 9.97 Å². The third-order valence-electron chi connectivity index (χ3n) is 2.24. The van der Waals surface area contributed by atoms with Gasteiger partial charge in [-0.05, 0) is 6.07 Å². The Hall–Kier alpha value is -1.39. The highest BCUT2D eigenvalue weighted by atomic mass is 35.5. The van der Waals surface area contributed by atoms with Gasteiger partial charge in [0, 0.05) is 24.0 Å². The summed E-state index contributed by atoms with van der Waals surface area (Å²) in [7, 11) is 0. The van der Waals surface area contributed by atoms with Crippen LogP contribution >= 0.6 is 11.6 Å². The van der Waals surface area contributed by atoms with E-state index in [9.17, 15) is 0 Å². The molecule has 1 N–H and O–H groups in total. The molecule has 0 fully saturated rings. The molecule has 1 heterocycles. The predicted molar refractivity (Wildman–Crippen MR) is 69.6 cm³/mol. The fourth-order valence-corrected chi connectivity index (χ4v) is 1.56. The number of hydrogen-bond donors (Lipinski definition) is 1. The molecule has 0 amide bonds. The highest BCUT2D eigenvalue weighted by Crippen LogP contribution is 2.11. The van der Waals surface area contributed by atoms with E-state index >= 15 is 0 Å². The number of para-hydroxylation sites is 1. The highest BCUT2D eigenvalue weighted by Gasteiger charge is 1.98. The molecule has 0 bridgehead atoms. The van der Waals surface area contributed by atoms with E-state index in [1.54, 1.807) is 0 Å². The van der Waals surface area contributed by atoms with Crippen LogP contribution in [-0.4, -0.2) is 35.6 Å². The number of benzene rings is 1. The van der Waals surface area contributed by atoms with Crippen molar-refractivity contribution in [2.75, 3.05) is 31.0 Å². The molecule has 2 aromatic rings. The second kappa shape index (κ2) is 6.37. The van der Waals surface area contributed by atoms with Gasteiger partial charge in [0.1, 0.15) is 0 Å². The molecule has 0 aliphatic heterocycles. The van der Waals surface area contributed by atoms with Crippen LogP contribution in [0.1, 0.15) is 0 Å². The van der Waals surface area contributed by atoms with E-state index in [4.69, 9.17) is 16.3 Å². The second-order valence-corrected chi connectivity index (χ2v) is 3.86. The lowest BCUT2D eigenvalue weighted by molar-refractivity contribution is 0.160. The van der Waals surface area contributed by atoms with Gasteiger partial charge in [-0.1, -0.05) is 18.2 Å². The minimum atomic E-state index is 0.520. The summed E-state index contributed by atoms with van der Waals surface area (Å²) in [6.07, 6.45) is 1.81. The van der Waals surface area contributed by atoms with Crippen LogP contribution in [0.5, 0.6) is 0 Å². The van der Waals surface area contributed by atoms with E-state index in [-0.39, 0.29) is 0 Å². The van der Waals surface area contributed by atoms with Crippen LogP contribution in [0, 0.1) is 0 Å². The van der Waals surface area contributed by atoms with Crippen LogP contribution < -0.4 is 5.32 Å². The first kappa shape index (κ1) is 12.1. The molecule has 0 atom stereocenters. The van der Waals surface area contributed by atoms with Crippen LogP contribution in [0.25, 0.3) is 10.9 Å². The number of hydrogen-bond acceptors (Lipinski definition) is 4. The Bertz CT molecular complexity index is 478. The SMILES string of the molecule is ClCCOCCNc1ncc2ccccc2n1. The van der Waals surface area contributed by atoms with Crippen molar-refractivity contribution in [2.45, 2.75) is 0 Å². The number of ether oxygens (including phenoxy) is 1. The van der Waals surface area contributed by atoms with Crippen molar-refractivity contribution in [1.82, 2.24) is 9.97 Å². The maximum atomic E-state index is 5.49. The molecule has 0 spiro atoms. The molecule has 5 heteroatoms. The van der Waals surface area contributed by atoms with Crippen LogP contribution in [-0.2, 0) is 4.74 Å². The van der Waals surface area contributed by atoms with Gasteiger partial charge >= 0.3 is 0 Å². The molecular formula is C12H14ClN3O. The molecule has 0 unspecified atom stereocenters. The van der Waals surface area contributed by atoms with E-state index in [0.717, 1.165) is 10.9 Å². The van der Waals surface area contributed by atoms with E-state index < -0.39 is 0 Å². The first-order valence-electron chi connectivity index (χ1n) is 5.49. The maximum absolute atomic E-state index is 5.49. The van der Waals surface area contributed by atoms with Crippen molar-refractivity contribution < 1.29 is 4.74 Å². The number of anilines is 1. The third kappa shape index (κ3) is 3.54. The number of halogens is 1. The lowest BCUT2D eigenvalue weighted by Crippen LogP contribution is -2.12. The summed E-state index contributed by atoms with van der Waals surface area (Å²) in [5.41, 5.74) is 0.937. The molecule has 90 valence electrons. The van der Waals surface area contributed by atoms with Gasteiger partial charge in [0.15, 0.2) is 0 Å². The number of alkyl halides is 1. The first-order valence-corrected chi connectivity index (χ1v) is 6.03. The lowest BCUT2D eigenvalue weighted by Gasteiger charge is -2.05. The van der Waals surface area contributed by atoms with Crippen LogP contribution in [0.3, 0.4) is 0 Å². The van der Waals surface area contributed by atoms with E-state index in [1.165, 1.54) is 0 Å². The average Bonchev–Trinajstić information content (AvgIpc) is 2.38. The molecule has 0 saturated heterocycles. The van der Waals surface area contributed by atoms with Crippen molar-refractivity contribution >= 4 is 28.5 Å². The highest BCUT2D eigenvalue weighted by molar-refractivity contribution is 6.17. The summed E-state index contributed by atoms with van der Waals surface area (Å²) in [4.78, 5) is 8.61. The van der Waals surface area contributed by atoms with Crippen LogP contribution in [0.15, 0.2) is 30.5 Å². The molecule has 0 saturated carbocycles. The fraction of sp³-hybridized carbons (Fsp3) is 0.333. The normalized spacial score (nSPS) is 10.6. The number of fused-ring (bicyclic) bond motifs is 1. The molecule has 0 aliphatic rings. The van der Waals surface area contributed by atoms with Crippen molar-refractivity contribution in [3.63, 3.8) is 0 Å². The molecule has 17 heavy (non-hydrogen) atoms. The lowest BCUT2D eigenvalue weighted by atomic mass is 10.2. The molecule has 2 rings (SSSR count). The summed E-state index contributed by atoms with van der Waals surface area (Å²) in [5, 5.41) is 4.14. The topological polar surface area (TPSA) is 47.0 Å². The largest absolute Gasteiger partial charge is 0.378 e. The average molecular weight is 252 g/mol. The molecule has 0 aliphatic carbocycles. The molecule has 1 aromatic carbocycles. The van der Waals surface area contributed by atoms with Gasteiger partial charge < -0.3 is 10.1 Å². The monoisotopic (exact) mass is 251 g/mol. The van der Waals surface area contributed by atoms with E-state index in [1.807, 2.05) is 30.5 Å². The van der Waals surface area contributed by atoms with Crippen LogP contribution in [0.2, 0.25) is 0 Å². The molecular weight excluding hydrogens is 238 g/mol. The van der Waals surface area contributed by atoms with Gasteiger partial charge in [-0.3, -0.25) is 0 Å². The Labute approximate surface area is 105 Å². The summed E-state index contributed by atoms with van der Waals surface area (Å²) in [6, 6.07) is 7.89. The van der Waals surface area contributed by atoms with Crippen molar-refractivity contribution in [3.05, 3.63) is 30.5 Å². The van der Waals surface area contributed by atoms with Gasteiger partial charge in [-0.2, -0.15) is 0 Å². The minimum absolute atomic E-state index is 0.520. The summed E-state index contributed by atoms with van der Waals surface area (Å²) in [5.74, 6) is 1.14. The fourth-order valence-electron chi connectivity index (χ4n) is 1.45. The van der Waals surface area contributed by atoms with Gasteiger partial charge in [0.2, 0.25) is 5.95 Å². The Morgan fingerprint density at radius 3 is 3.00 bits per heavy atom. The van der Waals surface area contributed by atoms with E-state index in [0.29, 0.717) is 31.6 Å². The standard InChI is InChI=1S/C12H14ClN3O/c13-5-7-17-8-6-14-12-15-9-10-3-1-2-4-11(10)16-12/h1-4,9H,5-8H2,(H,14,15,16). The molecule has 4 nitrogen and oxygen atoms in total. The Kier molecular flexibility index (Phi) is 4.53. The Morgan fingerprint density at radius 1 is 1.24 bits per heavy atom. The molecule has 1 aromatic heterocycles. The summed E-state index contributed by atoms with van der Waals surface area (Å²) >= 11 is 5.49. The second-order valence-electron chi connectivity index (χ2n) is 3.48. The zero-order valence-electron chi connectivity index (χ0n) is 9.40. The predicted octanol–water partition coefficient (Wildman–Crippen LogP) is 2.30. The smallest absolute Gasteiger partial charge is 0.223 e. The van der Waals surface area contributed by atoms with Crippen molar-refractivity contribution in [3.8, 4) is 0 Å². The Balaban J connectivity index is 1.90. The Morgan fingerprint density at radius 2 is 2.12 bits per heavy atom. The number of rotatable bonds is 6. The number of nitrogens with one attached hydrogen (secondary N) is 1.